The Morgan fingerprint density at radius 3 is 2.73 bits per heavy atom. The zero-order chi connectivity index (χ0) is 7.84. The Labute approximate surface area is 68.0 Å². The third-order valence-electron chi connectivity index (χ3n) is 1.52. The van der Waals surface area contributed by atoms with Gasteiger partial charge < -0.3 is 9.52 Å². The molecule has 0 radical (unpaired) electrons. The van der Waals surface area contributed by atoms with Gasteiger partial charge in [0.15, 0.2) is 0 Å². The Morgan fingerprint density at radius 2 is 2.00 bits per heavy atom. The molecule has 3 heteroatoms. The second-order valence-electron chi connectivity index (χ2n) is 2.22. The summed E-state index contributed by atoms with van der Waals surface area (Å²) in [4.78, 5) is 0. The monoisotopic (exact) mass is 168 g/mol. The fourth-order valence-electron chi connectivity index (χ4n) is 1.00. The van der Waals surface area contributed by atoms with Crippen LogP contribution >= 0.6 is 11.6 Å². The summed E-state index contributed by atoms with van der Waals surface area (Å²) in [6, 6.07) is 7.20. The number of para-hydroxylation sites is 1. The molecule has 1 aromatic carbocycles. The topological polar surface area (TPSA) is 33.4 Å². The molecule has 0 spiro atoms. The van der Waals surface area contributed by atoms with E-state index in [2.05, 4.69) is 0 Å². The number of fused-ring (bicyclic) bond motifs is 1. The lowest BCUT2D eigenvalue weighted by Gasteiger charge is -1.82. The standard InChI is InChI=1S/C8H5ClO2/c9-7-5-3-1-2-4-6(5)11-8(7)10/h1-4,10H. The quantitative estimate of drug-likeness (QED) is 0.656. The minimum Gasteiger partial charge on any atom is -0.480 e. The Hall–Kier alpha value is -1.15. The number of halogens is 1. The van der Waals surface area contributed by atoms with E-state index in [1.807, 2.05) is 12.1 Å². The van der Waals surface area contributed by atoms with Crippen LogP contribution in [0.25, 0.3) is 11.0 Å². The van der Waals surface area contributed by atoms with Crippen molar-refractivity contribution in [1.29, 1.82) is 0 Å². The Kier molecular flexibility index (Phi) is 1.29. The summed E-state index contributed by atoms with van der Waals surface area (Å²) in [5.74, 6) is -0.215. The van der Waals surface area contributed by atoms with E-state index in [-0.39, 0.29) is 11.0 Å². The first-order valence-electron chi connectivity index (χ1n) is 3.15. The van der Waals surface area contributed by atoms with Gasteiger partial charge in [-0.1, -0.05) is 23.7 Å². The molecule has 0 aliphatic heterocycles. The van der Waals surface area contributed by atoms with Crippen LogP contribution in [0.15, 0.2) is 28.7 Å². The van der Waals surface area contributed by atoms with Crippen molar-refractivity contribution in [1.82, 2.24) is 0 Å². The molecule has 0 amide bonds. The van der Waals surface area contributed by atoms with Gasteiger partial charge in [0.1, 0.15) is 10.6 Å². The van der Waals surface area contributed by atoms with Crippen LogP contribution in [0.3, 0.4) is 0 Å². The molecule has 2 nitrogen and oxygen atoms in total. The summed E-state index contributed by atoms with van der Waals surface area (Å²) in [5, 5.41) is 10.1. The number of hydrogen-bond acceptors (Lipinski definition) is 2. The predicted molar refractivity (Wildman–Crippen MR) is 42.9 cm³/mol. The molecule has 0 aliphatic rings. The third kappa shape index (κ3) is 0.870. The first kappa shape index (κ1) is 6.55. The van der Waals surface area contributed by atoms with Gasteiger partial charge in [-0.2, -0.15) is 0 Å². The van der Waals surface area contributed by atoms with Crippen LogP contribution in [-0.2, 0) is 0 Å². The van der Waals surface area contributed by atoms with Crippen LogP contribution in [-0.4, -0.2) is 5.11 Å². The van der Waals surface area contributed by atoms with Crippen LogP contribution in [0.5, 0.6) is 5.95 Å². The molecule has 2 rings (SSSR count). The molecule has 2 aromatic rings. The average molecular weight is 169 g/mol. The highest BCUT2D eigenvalue weighted by Gasteiger charge is 2.08. The molecule has 1 heterocycles. The maximum atomic E-state index is 9.04. The molecule has 0 unspecified atom stereocenters. The Bertz CT molecular complexity index is 392. The number of hydrogen-bond donors (Lipinski definition) is 1. The maximum Gasteiger partial charge on any atom is 0.302 e. The molecule has 0 bridgehead atoms. The summed E-state index contributed by atoms with van der Waals surface area (Å²) >= 11 is 5.70. The highest BCUT2D eigenvalue weighted by molar-refractivity contribution is 6.36. The van der Waals surface area contributed by atoms with Gasteiger partial charge in [-0.25, -0.2) is 0 Å². The molecular weight excluding hydrogens is 164 g/mol. The van der Waals surface area contributed by atoms with E-state index in [1.54, 1.807) is 12.1 Å². The van der Waals surface area contributed by atoms with Crippen molar-refractivity contribution >= 4 is 22.6 Å². The summed E-state index contributed by atoms with van der Waals surface area (Å²) < 4.78 is 4.92. The number of furan rings is 1. The highest BCUT2D eigenvalue weighted by Crippen LogP contribution is 2.34. The molecule has 56 valence electrons. The van der Waals surface area contributed by atoms with Crippen molar-refractivity contribution in [3.63, 3.8) is 0 Å². The van der Waals surface area contributed by atoms with Crippen LogP contribution in [0.4, 0.5) is 0 Å². The molecule has 0 atom stereocenters. The second kappa shape index (κ2) is 2.17. The molecule has 0 fully saturated rings. The van der Waals surface area contributed by atoms with Crippen molar-refractivity contribution in [2.75, 3.05) is 0 Å². The zero-order valence-corrected chi connectivity index (χ0v) is 6.30. The summed E-state index contributed by atoms with van der Waals surface area (Å²) in [6.07, 6.45) is 0. The van der Waals surface area contributed by atoms with E-state index < -0.39 is 0 Å². The smallest absolute Gasteiger partial charge is 0.302 e. The van der Waals surface area contributed by atoms with Gasteiger partial charge in [0.25, 0.3) is 0 Å². The highest BCUT2D eigenvalue weighted by atomic mass is 35.5. The minimum atomic E-state index is -0.215. The summed E-state index contributed by atoms with van der Waals surface area (Å²) in [6.45, 7) is 0. The van der Waals surface area contributed by atoms with Crippen molar-refractivity contribution in [3.05, 3.63) is 29.3 Å². The largest absolute Gasteiger partial charge is 0.480 e. The Balaban J connectivity index is 2.92. The van der Waals surface area contributed by atoms with E-state index in [0.29, 0.717) is 5.58 Å². The van der Waals surface area contributed by atoms with Crippen LogP contribution in [0.2, 0.25) is 5.02 Å². The van der Waals surface area contributed by atoms with Gasteiger partial charge >= 0.3 is 5.95 Å². The average Bonchev–Trinajstić information content (AvgIpc) is 2.30. The zero-order valence-electron chi connectivity index (χ0n) is 5.54. The van der Waals surface area contributed by atoms with E-state index in [9.17, 15) is 0 Å². The first-order chi connectivity index (χ1) is 5.29. The summed E-state index contributed by atoms with van der Waals surface area (Å²) in [7, 11) is 0. The normalized spacial score (nSPS) is 10.6. The molecule has 0 saturated heterocycles. The Morgan fingerprint density at radius 1 is 1.27 bits per heavy atom. The second-order valence-corrected chi connectivity index (χ2v) is 2.60. The fourth-order valence-corrected chi connectivity index (χ4v) is 1.20. The molecule has 0 aliphatic carbocycles. The molecule has 1 aromatic heterocycles. The van der Waals surface area contributed by atoms with Crippen molar-refractivity contribution in [2.45, 2.75) is 0 Å². The molecule has 11 heavy (non-hydrogen) atoms. The van der Waals surface area contributed by atoms with E-state index in [4.69, 9.17) is 21.1 Å². The summed E-state index contributed by atoms with van der Waals surface area (Å²) in [5.41, 5.74) is 0.606. The van der Waals surface area contributed by atoms with E-state index >= 15 is 0 Å². The number of rotatable bonds is 0. The predicted octanol–water partition coefficient (Wildman–Crippen LogP) is 2.79. The van der Waals surface area contributed by atoms with E-state index in [0.717, 1.165) is 5.39 Å². The number of aromatic hydroxyl groups is 1. The fraction of sp³-hybridized carbons (Fsp3) is 0. The van der Waals surface area contributed by atoms with Crippen LogP contribution in [0, 0.1) is 0 Å². The lowest BCUT2D eigenvalue weighted by molar-refractivity contribution is 0.346. The molecular formula is C8H5ClO2. The van der Waals surface area contributed by atoms with Crippen LogP contribution in [0.1, 0.15) is 0 Å². The lowest BCUT2D eigenvalue weighted by atomic mass is 10.3. The van der Waals surface area contributed by atoms with Gasteiger partial charge in [0.05, 0.1) is 0 Å². The van der Waals surface area contributed by atoms with Crippen LogP contribution < -0.4 is 0 Å². The van der Waals surface area contributed by atoms with E-state index in [1.165, 1.54) is 0 Å². The van der Waals surface area contributed by atoms with Crippen molar-refractivity contribution < 1.29 is 9.52 Å². The maximum absolute atomic E-state index is 9.04. The van der Waals surface area contributed by atoms with Crippen molar-refractivity contribution in [2.24, 2.45) is 0 Å². The minimum absolute atomic E-state index is 0.215. The van der Waals surface area contributed by atoms with Crippen molar-refractivity contribution in [3.8, 4) is 5.95 Å². The number of benzene rings is 1. The van der Waals surface area contributed by atoms with Gasteiger partial charge in [-0.15, -0.1) is 0 Å². The first-order valence-corrected chi connectivity index (χ1v) is 3.53. The van der Waals surface area contributed by atoms with Gasteiger partial charge in [-0.05, 0) is 12.1 Å². The van der Waals surface area contributed by atoms with Gasteiger partial charge in [0.2, 0.25) is 0 Å². The van der Waals surface area contributed by atoms with Gasteiger partial charge in [0, 0.05) is 5.39 Å². The lowest BCUT2D eigenvalue weighted by Crippen LogP contribution is -1.60. The molecule has 1 N–H and O–H groups in total. The molecule has 0 saturated carbocycles. The van der Waals surface area contributed by atoms with Gasteiger partial charge in [-0.3, -0.25) is 0 Å². The third-order valence-corrected chi connectivity index (χ3v) is 1.88. The SMILES string of the molecule is Oc1oc2ccccc2c1Cl.